The zero-order valence-electron chi connectivity index (χ0n) is 28.3. The fourth-order valence-corrected chi connectivity index (χ4v) is 7.12. The Balaban J connectivity index is 1.32. The van der Waals surface area contributed by atoms with Gasteiger partial charge in [-0.3, -0.25) is 18.5 Å². The molecule has 272 valence electrons. The van der Waals surface area contributed by atoms with Gasteiger partial charge in [-0.15, -0.1) is 0 Å². The van der Waals surface area contributed by atoms with Gasteiger partial charge in [-0.2, -0.15) is 5.10 Å². The molecule has 1 saturated heterocycles. The lowest BCUT2D eigenvalue weighted by Gasteiger charge is -2.24. The first-order valence-electron chi connectivity index (χ1n) is 16.4. The number of fused-ring (bicyclic) bond motifs is 1. The number of halogens is 4. The number of aromatic nitrogens is 4. The van der Waals surface area contributed by atoms with Crippen LogP contribution in [0.15, 0.2) is 59.5 Å². The molecule has 16 heteroatoms. The predicted octanol–water partition coefficient (Wildman–Crippen LogP) is 6.61. The molecule has 0 radical (unpaired) electrons. The molecule has 5 aromatic rings. The first kappa shape index (κ1) is 37.1. The van der Waals surface area contributed by atoms with Gasteiger partial charge < -0.3 is 25.4 Å². The molecule has 2 aromatic carbocycles. The van der Waals surface area contributed by atoms with Crippen LogP contribution in [-0.4, -0.2) is 74.1 Å². The SMILES string of the molecule is COc1nc(-c2cccc(-c3cccc(-c4cc5c(=O)n(C)c(CNCCCF)nn5c4)c3Cl)c2Cl)cc(Cl)c1CN(CC1CCC(=O)N1)C(=O)O. The molecule has 0 aliphatic carbocycles. The van der Waals surface area contributed by atoms with Crippen molar-refractivity contribution in [2.75, 3.05) is 26.9 Å². The molecule has 0 bridgehead atoms. The molecule has 4 heterocycles. The number of benzene rings is 2. The lowest BCUT2D eigenvalue weighted by Crippen LogP contribution is -2.41. The van der Waals surface area contributed by atoms with Crippen molar-refractivity contribution in [1.82, 2.24) is 34.7 Å². The number of methoxy groups -OCH3 is 1. The number of ether oxygens (including phenoxy) is 1. The summed E-state index contributed by atoms with van der Waals surface area (Å²) in [5.74, 6) is 0.515. The first-order valence-corrected chi connectivity index (χ1v) is 17.6. The zero-order chi connectivity index (χ0) is 37.1. The molecule has 52 heavy (non-hydrogen) atoms. The Kier molecular flexibility index (Phi) is 11.3. The van der Waals surface area contributed by atoms with E-state index in [1.165, 1.54) is 21.1 Å². The second-order valence-electron chi connectivity index (χ2n) is 12.3. The highest BCUT2D eigenvalue weighted by molar-refractivity contribution is 6.39. The van der Waals surface area contributed by atoms with E-state index in [0.717, 1.165) is 0 Å². The Hall–Kier alpha value is -4.69. The molecular weight excluding hydrogens is 736 g/mol. The second kappa shape index (κ2) is 15.9. The highest BCUT2D eigenvalue weighted by Crippen LogP contribution is 2.43. The number of carbonyl (C=O) groups excluding carboxylic acids is 1. The molecule has 3 aromatic heterocycles. The average Bonchev–Trinajstić information content (AvgIpc) is 3.75. The third-order valence-corrected chi connectivity index (χ3v) is 10.1. The number of hydrogen-bond donors (Lipinski definition) is 3. The van der Waals surface area contributed by atoms with E-state index in [4.69, 9.17) is 39.5 Å². The van der Waals surface area contributed by atoms with E-state index in [1.54, 1.807) is 37.5 Å². The van der Waals surface area contributed by atoms with Gasteiger partial charge in [-0.05, 0) is 31.5 Å². The number of nitrogens with zero attached hydrogens (tertiary/aromatic N) is 5. The van der Waals surface area contributed by atoms with Gasteiger partial charge >= 0.3 is 6.09 Å². The molecular formula is C36H35Cl3FN7O5. The van der Waals surface area contributed by atoms with Crippen LogP contribution in [0.3, 0.4) is 0 Å². The Morgan fingerprint density at radius 1 is 1.10 bits per heavy atom. The average molecular weight is 771 g/mol. The van der Waals surface area contributed by atoms with E-state index in [2.05, 4.69) is 20.7 Å². The second-order valence-corrected chi connectivity index (χ2v) is 13.5. The van der Waals surface area contributed by atoms with E-state index in [0.29, 0.717) is 92.8 Å². The standard InChI is InChI=1S/C36H35Cl3FN7O5/c1-45-30(16-41-13-5-12-40)44-47-17-20(14-29(47)35(45)49)22-6-3-7-23(32(22)38)24-8-4-9-25(33(24)39)28-15-27(37)26(34(43-28)52-2)19-46(36(50)51)18-21-10-11-31(48)42-21/h3-4,6-9,14-15,17,21,41H,5,10-13,16,18-19H2,1-2H3,(H,42,48)(H,50,51). The van der Waals surface area contributed by atoms with Crippen molar-refractivity contribution in [1.29, 1.82) is 0 Å². The van der Waals surface area contributed by atoms with Crippen molar-refractivity contribution < 1.29 is 23.8 Å². The summed E-state index contributed by atoms with van der Waals surface area (Å²) in [5, 5.41) is 21.4. The van der Waals surface area contributed by atoms with Crippen LogP contribution in [0.25, 0.3) is 39.0 Å². The maximum absolute atomic E-state index is 13.2. The normalized spacial score (nSPS) is 14.2. The van der Waals surface area contributed by atoms with Crippen molar-refractivity contribution >= 4 is 52.3 Å². The molecule has 12 nitrogen and oxygen atoms in total. The minimum Gasteiger partial charge on any atom is -0.481 e. The van der Waals surface area contributed by atoms with Crippen molar-refractivity contribution in [3.63, 3.8) is 0 Å². The molecule has 1 aliphatic heterocycles. The van der Waals surface area contributed by atoms with Gasteiger partial charge in [0.15, 0.2) is 0 Å². The third-order valence-electron chi connectivity index (χ3n) is 8.95. The van der Waals surface area contributed by atoms with E-state index < -0.39 is 12.8 Å². The summed E-state index contributed by atoms with van der Waals surface area (Å²) < 4.78 is 21.1. The Labute approximate surface area is 313 Å². The summed E-state index contributed by atoms with van der Waals surface area (Å²) in [6, 6.07) is 14.0. The number of carboxylic acid groups (broad SMARTS) is 1. The molecule has 6 rings (SSSR count). The molecule has 3 N–H and O–H groups in total. The van der Waals surface area contributed by atoms with Crippen LogP contribution in [0, 0.1) is 0 Å². The number of amides is 2. The van der Waals surface area contributed by atoms with Gasteiger partial charge in [0.2, 0.25) is 11.8 Å². The largest absolute Gasteiger partial charge is 0.481 e. The topological polar surface area (TPSA) is 143 Å². The summed E-state index contributed by atoms with van der Waals surface area (Å²) in [6.45, 7) is 0.315. The van der Waals surface area contributed by atoms with Gasteiger partial charge in [-0.25, -0.2) is 14.3 Å². The Morgan fingerprint density at radius 2 is 1.79 bits per heavy atom. The molecule has 1 aliphatic rings. The quantitative estimate of drug-likeness (QED) is 0.114. The lowest BCUT2D eigenvalue weighted by molar-refractivity contribution is -0.119. The monoisotopic (exact) mass is 769 g/mol. The summed E-state index contributed by atoms with van der Waals surface area (Å²) in [5.41, 5.74) is 3.99. The lowest BCUT2D eigenvalue weighted by atomic mass is 9.97. The van der Waals surface area contributed by atoms with E-state index in [-0.39, 0.29) is 41.5 Å². The fourth-order valence-electron chi connectivity index (χ4n) is 6.22. The molecule has 0 saturated carbocycles. The van der Waals surface area contributed by atoms with Crippen molar-refractivity contribution in [3.05, 3.63) is 91.5 Å². The minimum atomic E-state index is -1.17. The maximum Gasteiger partial charge on any atom is 0.407 e. The van der Waals surface area contributed by atoms with Gasteiger partial charge in [0.25, 0.3) is 5.56 Å². The maximum atomic E-state index is 13.2. The van der Waals surface area contributed by atoms with Crippen molar-refractivity contribution in [2.24, 2.45) is 7.05 Å². The number of alkyl halides is 1. The summed E-state index contributed by atoms with van der Waals surface area (Å²) >= 11 is 20.9. The van der Waals surface area contributed by atoms with Crippen LogP contribution in [0.1, 0.15) is 30.7 Å². The number of nitrogens with one attached hydrogen (secondary N) is 2. The zero-order valence-corrected chi connectivity index (χ0v) is 30.5. The fraction of sp³-hybridized carbons (Fsp3) is 0.306. The van der Waals surface area contributed by atoms with Crippen LogP contribution in [0.4, 0.5) is 9.18 Å². The van der Waals surface area contributed by atoms with E-state index >= 15 is 0 Å². The van der Waals surface area contributed by atoms with Crippen LogP contribution in [0.2, 0.25) is 15.1 Å². The highest BCUT2D eigenvalue weighted by atomic mass is 35.5. The molecule has 2 amide bonds. The van der Waals surface area contributed by atoms with Gasteiger partial charge in [-0.1, -0.05) is 71.2 Å². The Bertz CT molecular complexity index is 2230. The Morgan fingerprint density at radius 3 is 2.44 bits per heavy atom. The number of pyridine rings is 1. The highest BCUT2D eigenvalue weighted by Gasteiger charge is 2.27. The minimum absolute atomic E-state index is 0.0871. The van der Waals surface area contributed by atoms with Crippen LogP contribution < -0.4 is 20.9 Å². The predicted molar refractivity (Wildman–Crippen MR) is 198 cm³/mol. The molecule has 1 atom stereocenters. The number of rotatable bonds is 13. The van der Waals surface area contributed by atoms with Crippen molar-refractivity contribution in [2.45, 2.75) is 38.4 Å². The third kappa shape index (κ3) is 7.58. The van der Waals surface area contributed by atoms with Crippen LogP contribution in [0.5, 0.6) is 5.88 Å². The van der Waals surface area contributed by atoms with E-state index in [1.807, 2.05) is 24.3 Å². The molecule has 1 unspecified atom stereocenters. The molecule has 1 fully saturated rings. The van der Waals surface area contributed by atoms with E-state index in [9.17, 15) is 23.9 Å². The smallest absolute Gasteiger partial charge is 0.407 e. The van der Waals surface area contributed by atoms with Crippen LogP contribution in [-0.2, 0) is 24.9 Å². The number of carbonyl (C=O) groups is 2. The summed E-state index contributed by atoms with van der Waals surface area (Å²) in [7, 11) is 3.06. The van der Waals surface area contributed by atoms with Gasteiger partial charge in [0.1, 0.15) is 11.3 Å². The van der Waals surface area contributed by atoms with Crippen molar-refractivity contribution in [3.8, 4) is 39.4 Å². The summed E-state index contributed by atoms with van der Waals surface area (Å²) in [6.07, 6.45) is 1.82. The summed E-state index contributed by atoms with van der Waals surface area (Å²) in [4.78, 5) is 42.8. The van der Waals surface area contributed by atoms with Gasteiger partial charge in [0, 0.05) is 60.1 Å². The first-order chi connectivity index (χ1) is 25.0. The van der Waals surface area contributed by atoms with Crippen LogP contribution >= 0.6 is 34.8 Å². The molecule has 0 spiro atoms. The van der Waals surface area contributed by atoms with Gasteiger partial charge in [0.05, 0.1) is 53.2 Å². The number of hydrogen-bond acceptors (Lipinski definition) is 7.